The standard InChI is InChI=1S/C19H17BrN2O5S2/c1-3-27-17(23)11-22-14-9-8-12(20)10-15(14)28-19(22)21-18(24)13-6-4-5-7-16(13)29(2,25)26/h4-10H,3,11H2,1-2H3. The highest BCUT2D eigenvalue weighted by Crippen LogP contribution is 2.23. The zero-order valence-electron chi connectivity index (χ0n) is 15.6. The first-order valence-corrected chi connectivity index (χ1v) is 12.0. The summed E-state index contributed by atoms with van der Waals surface area (Å²) in [5.41, 5.74) is 0.700. The van der Waals surface area contributed by atoms with Gasteiger partial charge in [-0.1, -0.05) is 39.4 Å². The predicted molar refractivity (Wildman–Crippen MR) is 114 cm³/mol. The molecule has 0 unspecified atom stereocenters. The lowest BCUT2D eigenvalue weighted by Crippen LogP contribution is -2.23. The Labute approximate surface area is 179 Å². The number of ether oxygens (including phenoxy) is 1. The SMILES string of the molecule is CCOC(=O)Cn1c(=NC(=O)c2ccccc2S(C)(=O)=O)sc2cc(Br)ccc21. The molecule has 0 aliphatic rings. The first-order valence-electron chi connectivity index (χ1n) is 8.53. The summed E-state index contributed by atoms with van der Waals surface area (Å²) < 4.78 is 32.3. The van der Waals surface area contributed by atoms with Gasteiger partial charge in [0.25, 0.3) is 5.91 Å². The van der Waals surface area contributed by atoms with Gasteiger partial charge >= 0.3 is 5.97 Å². The highest BCUT2D eigenvalue weighted by Gasteiger charge is 2.19. The summed E-state index contributed by atoms with van der Waals surface area (Å²) in [7, 11) is -3.60. The Kier molecular flexibility index (Phi) is 6.35. The van der Waals surface area contributed by atoms with Crippen molar-refractivity contribution in [2.75, 3.05) is 12.9 Å². The number of aromatic nitrogens is 1. The van der Waals surface area contributed by atoms with Crippen LogP contribution in [0.4, 0.5) is 0 Å². The summed E-state index contributed by atoms with van der Waals surface area (Å²) in [6.07, 6.45) is 1.04. The van der Waals surface area contributed by atoms with Crippen molar-refractivity contribution in [1.29, 1.82) is 0 Å². The second-order valence-electron chi connectivity index (χ2n) is 6.07. The average Bonchev–Trinajstić information content (AvgIpc) is 2.97. The second-order valence-corrected chi connectivity index (χ2v) is 9.98. The zero-order valence-corrected chi connectivity index (χ0v) is 18.8. The fourth-order valence-corrected chi connectivity index (χ4v) is 5.19. The molecular weight excluding hydrogens is 480 g/mol. The fraction of sp³-hybridized carbons (Fsp3) is 0.211. The minimum Gasteiger partial charge on any atom is -0.465 e. The molecule has 3 aromatic rings. The van der Waals surface area contributed by atoms with Gasteiger partial charge in [0, 0.05) is 10.7 Å². The minimum absolute atomic E-state index is 0.0173. The molecule has 0 spiro atoms. The number of sulfone groups is 1. The lowest BCUT2D eigenvalue weighted by Gasteiger charge is -2.06. The summed E-state index contributed by atoms with van der Waals surface area (Å²) in [6, 6.07) is 11.4. The van der Waals surface area contributed by atoms with E-state index in [9.17, 15) is 18.0 Å². The first-order chi connectivity index (χ1) is 13.7. The van der Waals surface area contributed by atoms with Gasteiger partial charge in [-0.15, -0.1) is 0 Å². The fourth-order valence-electron chi connectivity index (χ4n) is 2.73. The molecule has 0 N–H and O–H groups in total. The van der Waals surface area contributed by atoms with E-state index in [1.807, 2.05) is 18.2 Å². The van der Waals surface area contributed by atoms with Crippen molar-refractivity contribution in [3.8, 4) is 0 Å². The Morgan fingerprint density at radius 2 is 1.93 bits per heavy atom. The molecule has 0 aliphatic heterocycles. The van der Waals surface area contributed by atoms with Crippen molar-refractivity contribution in [3.63, 3.8) is 0 Å². The van der Waals surface area contributed by atoms with Gasteiger partial charge in [0.1, 0.15) is 6.54 Å². The topological polar surface area (TPSA) is 94.8 Å². The van der Waals surface area contributed by atoms with E-state index in [2.05, 4.69) is 20.9 Å². The van der Waals surface area contributed by atoms with Crippen molar-refractivity contribution < 1.29 is 22.7 Å². The Morgan fingerprint density at radius 1 is 1.21 bits per heavy atom. The molecule has 0 aliphatic carbocycles. The number of halogens is 1. The summed E-state index contributed by atoms with van der Waals surface area (Å²) >= 11 is 4.63. The minimum atomic E-state index is -3.60. The molecule has 0 saturated heterocycles. The molecule has 10 heteroatoms. The maximum absolute atomic E-state index is 12.8. The smallest absolute Gasteiger partial charge is 0.326 e. The molecule has 0 radical (unpaired) electrons. The van der Waals surface area contributed by atoms with Gasteiger partial charge in [-0.2, -0.15) is 4.99 Å². The van der Waals surface area contributed by atoms with Crippen LogP contribution in [0.5, 0.6) is 0 Å². The highest BCUT2D eigenvalue weighted by atomic mass is 79.9. The van der Waals surface area contributed by atoms with E-state index >= 15 is 0 Å². The van der Waals surface area contributed by atoms with Crippen LogP contribution in [-0.2, 0) is 25.9 Å². The second kappa shape index (κ2) is 8.60. The summed E-state index contributed by atoms with van der Waals surface area (Å²) in [6.45, 7) is 1.83. The number of amides is 1. The van der Waals surface area contributed by atoms with E-state index in [0.717, 1.165) is 15.4 Å². The van der Waals surface area contributed by atoms with Crippen LogP contribution in [-0.4, -0.2) is 37.7 Å². The van der Waals surface area contributed by atoms with Crippen molar-refractivity contribution in [2.45, 2.75) is 18.4 Å². The summed E-state index contributed by atoms with van der Waals surface area (Å²) in [5.74, 6) is -1.16. The molecule has 2 aromatic carbocycles. The van der Waals surface area contributed by atoms with Crippen LogP contribution in [0.25, 0.3) is 10.2 Å². The van der Waals surface area contributed by atoms with Crippen molar-refractivity contribution in [3.05, 3.63) is 57.3 Å². The van der Waals surface area contributed by atoms with Crippen molar-refractivity contribution in [2.24, 2.45) is 4.99 Å². The molecule has 0 saturated carbocycles. The lowest BCUT2D eigenvalue weighted by atomic mass is 10.2. The quantitative estimate of drug-likeness (QED) is 0.505. The maximum Gasteiger partial charge on any atom is 0.326 e. The number of carbonyl (C=O) groups is 2. The van der Waals surface area contributed by atoms with Crippen LogP contribution in [0.1, 0.15) is 17.3 Å². The molecule has 0 bridgehead atoms. The molecule has 1 heterocycles. The first kappa shape index (κ1) is 21.4. The number of thiazole rings is 1. The van der Waals surface area contributed by atoms with E-state index in [0.29, 0.717) is 5.52 Å². The van der Waals surface area contributed by atoms with Crippen LogP contribution in [0.2, 0.25) is 0 Å². The number of esters is 1. The maximum atomic E-state index is 12.8. The number of rotatable bonds is 5. The zero-order chi connectivity index (χ0) is 21.2. The number of benzene rings is 2. The van der Waals surface area contributed by atoms with Gasteiger partial charge in [-0.25, -0.2) is 8.42 Å². The van der Waals surface area contributed by atoms with Crippen molar-refractivity contribution >= 4 is 59.2 Å². The third-order valence-electron chi connectivity index (χ3n) is 3.95. The van der Waals surface area contributed by atoms with E-state index < -0.39 is 21.7 Å². The van der Waals surface area contributed by atoms with Gasteiger partial charge in [0.2, 0.25) is 0 Å². The Bertz CT molecular complexity index is 1280. The molecule has 0 atom stereocenters. The highest BCUT2D eigenvalue weighted by molar-refractivity contribution is 9.10. The van der Waals surface area contributed by atoms with Gasteiger partial charge in [-0.3, -0.25) is 9.59 Å². The monoisotopic (exact) mass is 496 g/mol. The molecule has 29 heavy (non-hydrogen) atoms. The molecule has 152 valence electrons. The van der Waals surface area contributed by atoms with E-state index in [-0.39, 0.29) is 28.4 Å². The van der Waals surface area contributed by atoms with E-state index in [1.54, 1.807) is 23.6 Å². The predicted octanol–water partition coefficient (Wildman–Crippen LogP) is 3.17. The van der Waals surface area contributed by atoms with Crippen LogP contribution in [0, 0.1) is 0 Å². The number of hydrogen-bond donors (Lipinski definition) is 0. The summed E-state index contributed by atoms with van der Waals surface area (Å²) in [4.78, 5) is 29.2. The van der Waals surface area contributed by atoms with Crippen LogP contribution >= 0.6 is 27.3 Å². The number of carbonyl (C=O) groups excluding carboxylic acids is 2. The van der Waals surface area contributed by atoms with Crippen LogP contribution in [0.3, 0.4) is 0 Å². The van der Waals surface area contributed by atoms with E-state index in [1.165, 1.54) is 23.5 Å². The van der Waals surface area contributed by atoms with Crippen molar-refractivity contribution in [1.82, 2.24) is 4.57 Å². The third-order valence-corrected chi connectivity index (χ3v) is 6.64. The van der Waals surface area contributed by atoms with Gasteiger partial charge < -0.3 is 9.30 Å². The molecule has 0 fully saturated rings. The number of nitrogens with zero attached hydrogens (tertiary/aromatic N) is 2. The number of fused-ring (bicyclic) bond motifs is 1. The largest absolute Gasteiger partial charge is 0.465 e. The van der Waals surface area contributed by atoms with Gasteiger partial charge in [-0.05, 0) is 37.3 Å². The Hall–Kier alpha value is -2.30. The number of hydrogen-bond acceptors (Lipinski definition) is 6. The van der Waals surface area contributed by atoms with Gasteiger partial charge in [0.05, 0.1) is 27.3 Å². The molecule has 3 rings (SSSR count). The molecule has 7 nitrogen and oxygen atoms in total. The molecule has 1 aromatic heterocycles. The molecule has 1 amide bonds. The lowest BCUT2D eigenvalue weighted by molar-refractivity contribution is -0.143. The third kappa shape index (κ3) is 4.82. The summed E-state index contributed by atoms with van der Waals surface area (Å²) in [5, 5.41) is 0. The van der Waals surface area contributed by atoms with E-state index in [4.69, 9.17) is 4.74 Å². The van der Waals surface area contributed by atoms with Gasteiger partial charge in [0.15, 0.2) is 14.6 Å². The average molecular weight is 497 g/mol. The van der Waals surface area contributed by atoms with Crippen LogP contribution in [0.15, 0.2) is 56.8 Å². The molecular formula is C19H17BrN2O5S2. The Morgan fingerprint density at radius 3 is 2.62 bits per heavy atom. The Balaban J connectivity index is 2.17. The van der Waals surface area contributed by atoms with Crippen LogP contribution < -0.4 is 4.80 Å². The normalized spacial score (nSPS) is 12.3.